The van der Waals surface area contributed by atoms with E-state index in [1.807, 2.05) is 0 Å². The van der Waals surface area contributed by atoms with Crippen molar-refractivity contribution >= 4 is 32.9 Å². The Hall–Kier alpha value is -2.13. The van der Waals surface area contributed by atoms with Crippen LogP contribution in [0.3, 0.4) is 0 Å². The lowest BCUT2D eigenvalue weighted by Gasteiger charge is -2.10. The number of nitrogens with zero attached hydrogens (tertiary/aromatic N) is 1. The summed E-state index contributed by atoms with van der Waals surface area (Å²) in [6.45, 7) is 0. The van der Waals surface area contributed by atoms with Gasteiger partial charge >= 0.3 is 6.18 Å². The van der Waals surface area contributed by atoms with Crippen molar-refractivity contribution in [2.75, 3.05) is 11.6 Å². The summed E-state index contributed by atoms with van der Waals surface area (Å²) in [6, 6.07) is 7.37. The first-order valence-electron chi connectivity index (χ1n) is 6.37. The smallest absolute Gasteiger partial charge is 0.322 e. The third kappa shape index (κ3) is 4.24. The predicted octanol–water partition coefficient (Wildman–Crippen LogP) is 4.04. The highest BCUT2D eigenvalue weighted by molar-refractivity contribution is 7.91. The number of carbonyl (C=O) groups is 1. The third-order valence-corrected chi connectivity index (χ3v) is 4.37. The standard InChI is InChI=1S/C14H11ClF3N3O2S/c1-24(19,23)9-4-2-3-8(7-9)20-13(22)10-5-6-11(14(16,17)18)21-12(10)15/h2-7,19H,1H3,(H,20,22). The second kappa shape index (κ2) is 6.40. The van der Waals surface area contributed by atoms with Crippen LogP contribution in [0.1, 0.15) is 16.1 Å². The third-order valence-electron chi connectivity index (χ3n) is 2.93. The SMILES string of the molecule is CS(=N)(=O)c1cccc(NC(=O)c2ccc(C(F)(F)F)nc2Cl)c1. The molecule has 0 radical (unpaired) electrons. The summed E-state index contributed by atoms with van der Waals surface area (Å²) < 4.78 is 56.8. The molecule has 0 aliphatic heterocycles. The summed E-state index contributed by atoms with van der Waals surface area (Å²) in [4.78, 5) is 15.5. The Balaban J connectivity index is 2.28. The van der Waals surface area contributed by atoms with Gasteiger partial charge in [0.25, 0.3) is 5.91 Å². The molecule has 1 aromatic carbocycles. The molecule has 1 aromatic heterocycles. The lowest BCUT2D eigenvalue weighted by atomic mass is 10.2. The van der Waals surface area contributed by atoms with Crippen molar-refractivity contribution in [1.29, 1.82) is 4.78 Å². The number of amides is 1. The van der Waals surface area contributed by atoms with Gasteiger partial charge in [-0.3, -0.25) is 4.79 Å². The highest BCUT2D eigenvalue weighted by Crippen LogP contribution is 2.29. The van der Waals surface area contributed by atoms with E-state index in [-0.39, 0.29) is 16.1 Å². The topological polar surface area (TPSA) is 82.9 Å². The van der Waals surface area contributed by atoms with E-state index in [1.54, 1.807) is 0 Å². The predicted molar refractivity (Wildman–Crippen MR) is 83.7 cm³/mol. The molecular formula is C14H11ClF3N3O2S. The van der Waals surface area contributed by atoms with Gasteiger partial charge in [0.2, 0.25) is 0 Å². The number of hydrogen-bond acceptors (Lipinski definition) is 4. The normalized spacial score (nSPS) is 14.0. The average Bonchev–Trinajstić information content (AvgIpc) is 2.45. The van der Waals surface area contributed by atoms with E-state index in [4.69, 9.17) is 16.4 Å². The minimum atomic E-state index is -4.66. The maximum absolute atomic E-state index is 12.5. The number of benzene rings is 1. The van der Waals surface area contributed by atoms with Gasteiger partial charge in [-0.25, -0.2) is 14.0 Å². The summed E-state index contributed by atoms with van der Waals surface area (Å²) >= 11 is 5.65. The molecule has 1 unspecified atom stereocenters. The molecule has 0 saturated carbocycles. The van der Waals surface area contributed by atoms with E-state index in [1.165, 1.54) is 30.5 Å². The molecule has 2 aromatic rings. The summed E-state index contributed by atoms with van der Waals surface area (Å²) in [5.74, 6) is -0.772. The molecule has 2 N–H and O–H groups in total. The van der Waals surface area contributed by atoms with E-state index in [0.29, 0.717) is 6.07 Å². The Kier molecular flexibility index (Phi) is 4.86. The second-order valence-corrected chi connectivity index (χ2v) is 7.37. The minimum absolute atomic E-state index is 0.206. The van der Waals surface area contributed by atoms with Crippen LogP contribution in [0.2, 0.25) is 5.15 Å². The van der Waals surface area contributed by atoms with E-state index in [9.17, 15) is 22.2 Å². The van der Waals surface area contributed by atoms with E-state index in [0.717, 1.165) is 6.07 Å². The maximum atomic E-state index is 12.5. The first kappa shape index (κ1) is 18.2. The molecule has 1 atom stereocenters. The number of rotatable bonds is 3. The van der Waals surface area contributed by atoms with Crippen molar-refractivity contribution in [3.63, 3.8) is 0 Å². The van der Waals surface area contributed by atoms with Gasteiger partial charge in [-0.15, -0.1) is 0 Å². The average molecular weight is 378 g/mol. The van der Waals surface area contributed by atoms with Gasteiger partial charge in [-0.2, -0.15) is 13.2 Å². The van der Waals surface area contributed by atoms with Gasteiger partial charge in [-0.1, -0.05) is 17.7 Å². The van der Waals surface area contributed by atoms with Crippen molar-refractivity contribution in [2.24, 2.45) is 0 Å². The summed E-state index contributed by atoms with van der Waals surface area (Å²) in [5.41, 5.74) is -1.21. The van der Waals surface area contributed by atoms with Gasteiger partial charge in [0, 0.05) is 16.8 Å². The molecule has 10 heteroatoms. The number of carbonyl (C=O) groups excluding carboxylic acids is 1. The molecule has 0 fully saturated rings. The number of anilines is 1. The van der Waals surface area contributed by atoms with Gasteiger partial charge < -0.3 is 5.32 Å². The molecule has 1 heterocycles. The molecule has 24 heavy (non-hydrogen) atoms. The van der Waals surface area contributed by atoms with Crippen LogP contribution in [-0.2, 0) is 15.9 Å². The molecule has 0 aliphatic rings. The molecule has 0 saturated heterocycles. The molecule has 0 aliphatic carbocycles. The van der Waals surface area contributed by atoms with Gasteiger partial charge in [-0.05, 0) is 30.3 Å². The molecule has 5 nitrogen and oxygen atoms in total. The lowest BCUT2D eigenvalue weighted by molar-refractivity contribution is -0.141. The van der Waals surface area contributed by atoms with E-state index < -0.39 is 32.7 Å². The van der Waals surface area contributed by atoms with Crippen LogP contribution in [0.15, 0.2) is 41.3 Å². The van der Waals surface area contributed by atoms with Crippen molar-refractivity contribution < 1.29 is 22.2 Å². The molecular weight excluding hydrogens is 367 g/mol. The monoisotopic (exact) mass is 377 g/mol. The molecule has 128 valence electrons. The Morgan fingerprint density at radius 3 is 2.50 bits per heavy atom. The summed E-state index contributed by atoms with van der Waals surface area (Å²) in [5, 5.41) is 1.83. The molecule has 2 rings (SSSR count). The fourth-order valence-electron chi connectivity index (χ4n) is 1.78. The zero-order valence-electron chi connectivity index (χ0n) is 12.1. The Labute approximate surface area is 140 Å². The van der Waals surface area contributed by atoms with Crippen LogP contribution in [0, 0.1) is 4.78 Å². The van der Waals surface area contributed by atoms with Crippen LogP contribution in [0.25, 0.3) is 0 Å². The number of halogens is 4. The van der Waals surface area contributed by atoms with E-state index in [2.05, 4.69) is 10.3 Å². The van der Waals surface area contributed by atoms with Gasteiger partial charge in [0.1, 0.15) is 10.8 Å². The quantitative estimate of drug-likeness (QED) is 0.792. The van der Waals surface area contributed by atoms with Crippen LogP contribution >= 0.6 is 11.6 Å². The number of alkyl halides is 3. The first-order valence-corrected chi connectivity index (χ1v) is 8.72. The highest BCUT2D eigenvalue weighted by atomic mass is 35.5. The Bertz CT molecular complexity index is 898. The zero-order valence-corrected chi connectivity index (χ0v) is 13.7. The van der Waals surface area contributed by atoms with E-state index >= 15 is 0 Å². The Morgan fingerprint density at radius 2 is 1.96 bits per heavy atom. The number of nitrogens with one attached hydrogen (secondary N) is 2. The van der Waals surface area contributed by atoms with Gasteiger partial charge in [0.05, 0.1) is 15.3 Å². The number of hydrogen-bond donors (Lipinski definition) is 2. The summed E-state index contributed by atoms with van der Waals surface area (Å²) in [6.07, 6.45) is -3.44. The Morgan fingerprint density at radius 1 is 1.29 bits per heavy atom. The number of aromatic nitrogens is 1. The fraction of sp³-hybridized carbons (Fsp3) is 0.143. The van der Waals surface area contributed by atoms with Crippen molar-refractivity contribution in [1.82, 2.24) is 4.98 Å². The van der Waals surface area contributed by atoms with Crippen LogP contribution in [0.4, 0.5) is 18.9 Å². The zero-order chi connectivity index (χ0) is 18.1. The van der Waals surface area contributed by atoms with Crippen molar-refractivity contribution in [3.8, 4) is 0 Å². The van der Waals surface area contributed by atoms with Crippen LogP contribution in [-0.4, -0.2) is 21.4 Å². The maximum Gasteiger partial charge on any atom is 0.433 e. The largest absolute Gasteiger partial charge is 0.433 e. The first-order chi connectivity index (χ1) is 11.0. The lowest BCUT2D eigenvalue weighted by Crippen LogP contribution is -2.15. The number of pyridine rings is 1. The fourth-order valence-corrected chi connectivity index (χ4v) is 2.71. The van der Waals surface area contributed by atoms with Crippen molar-refractivity contribution in [2.45, 2.75) is 11.1 Å². The van der Waals surface area contributed by atoms with Crippen molar-refractivity contribution in [3.05, 3.63) is 52.8 Å². The van der Waals surface area contributed by atoms with Gasteiger partial charge in [0.15, 0.2) is 0 Å². The highest BCUT2D eigenvalue weighted by Gasteiger charge is 2.33. The molecule has 1 amide bonds. The second-order valence-electron chi connectivity index (χ2n) is 4.86. The van der Waals surface area contributed by atoms with Crippen LogP contribution < -0.4 is 5.32 Å². The molecule has 0 spiro atoms. The van der Waals surface area contributed by atoms with Crippen LogP contribution in [0.5, 0.6) is 0 Å². The molecule has 0 bridgehead atoms. The summed E-state index contributed by atoms with van der Waals surface area (Å²) in [7, 11) is -2.97. The minimum Gasteiger partial charge on any atom is -0.322 e.